The number of hydrogen-bond donors (Lipinski definition) is 0. The minimum absolute atomic E-state index is 0.138. The average Bonchev–Trinajstić information content (AvgIpc) is 2.54. The number of ketones is 1. The van der Waals surface area contributed by atoms with E-state index >= 15 is 0 Å². The van der Waals surface area contributed by atoms with Crippen molar-refractivity contribution in [3.05, 3.63) is 46.6 Å². The molecule has 7 heteroatoms. The van der Waals surface area contributed by atoms with Crippen LogP contribution in [0, 0.1) is 12.7 Å². The van der Waals surface area contributed by atoms with Gasteiger partial charge in [-0.1, -0.05) is 11.6 Å². The molecule has 0 spiro atoms. The van der Waals surface area contributed by atoms with Gasteiger partial charge in [0.1, 0.15) is 22.6 Å². The molecule has 3 rings (SSSR count). The molecule has 1 fully saturated rings. The van der Waals surface area contributed by atoms with Crippen molar-refractivity contribution in [1.82, 2.24) is 9.97 Å². The first-order valence-electron chi connectivity index (χ1n) is 7.75. The second-order valence-corrected chi connectivity index (χ2v) is 6.18. The molecule has 1 aliphatic rings. The first kappa shape index (κ1) is 16.6. The van der Waals surface area contributed by atoms with E-state index in [0.29, 0.717) is 48.4 Å². The van der Waals surface area contributed by atoms with Gasteiger partial charge in [0.2, 0.25) is 0 Å². The van der Waals surface area contributed by atoms with Crippen molar-refractivity contribution in [3.63, 3.8) is 0 Å². The molecule has 2 aromatic rings. The van der Waals surface area contributed by atoms with Crippen LogP contribution in [-0.2, 0) is 0 Å². The Balaban J connectivity index is 1.72. The molecule has 1 aromatic heterocycles. The van der Waals surface area contributed by atoms with Crippen LogP contribution in [-0.4, -0.2) is 41.9 Å². The predicted octanol–water partition coefficient (Wildman–Crippen LogP) is 3.11. The van der Waals surface area contributed by atoms with Gasteiger partial charge in [-0.2, -0.15) is 0 Å². The summed E-state index contributed by atoms with van der Waals surface area (Å²) in [5, 5.41) is 0.422. The van der Waals surface area contributed by atoms with Gasteiger partial charge < -0.3 is 9.80 Å². The summed E-state index contributed by atoms with van der Waals surface area (Å²) in [6.07, 6.45) is 0. The Hall–Kier alpha value is -2.21. The highest BCUT2D eigenvalue weighted by atomic mass is 35.5. The maximum atomic E-state index is 14.3. The van der Waals surface area contributed by atoms with E-state index in [2.05, 4.69) is 14.9 Å². The van der Waals surface area contributed by atoms with Gasteiger partial charge in [0.25, 0.3) is 0 Å². The number of anilines is 2. The van der Waals surface area contributed by atoms with Crippen molar-refractivity contribution in [2.45, 2.75) is 13.8 Å². The van der Waals surface area contributed by atoms with E-state index in [4.69, 9.17) is 11.6 Å². The number of aromatic nitrogens is 2. The number of aryl methyl sites for hydroxylation is 1. The zero-order valence-corrected chi connectivity index (χ0v) is 14.3. The lowest BCUT2D eigenvalue weighted by Gasteiger charge is -2.37. The standard InChI is InChI=1S/C17H18ClFN4O/c1-11(24)13-3-4-15(14(19)9-13)22-5-7-23(8-6-22)17-10-16(18)20-12(2)21-17/h3-4,9-10H,5-8H2,1-2H3. The van der Waals surface area contributed by atoms with Crippen LogP contribution in [0.1, 0.15) is 23.1 Å². The maximum Gasteiger partial charge on any atom is 0.159 e. The second kappa shape index (κ2) is 6.73. The number of Topliss-reactive ketones (excluding diaryl/α,β-unsaturated/α-hetero) is 1. The molecule has 0 radical (unpaired) electrons. The molecule has 0 amide bonds. The van der Waals surface area contributed by atoms with Gasteiger partial charge >= 0.3 is 0 Å². The Morgan fingerprint density at radius 2 is 1.79 bits per heavy atom. The Morgan fingerprint density at radius 3 is 2.38 bits per heavy atom. The average molecular weight is 349 g/mol. The molecule has 0 bridgehead atoms. The van der Waals surface area contributed by atoms with E-state index in [1.807, 2.05) is 4.90 Å². The van der Waals surface area contributed by atoms with Crippen LogP contribution in [0.25, 0.3) is 0 Å². The third-order valence-corrected chi connectivity index (χ3v) is 4.29. The highest BCUT2D eigenvalue weighted by Gasteiger charge is 2.21. The third-order valence-electron chi connectivity index (χ3n) is 4.09. The molecular weight excluding hydrogens is 331 g/mol. The summed E-state index contributed by atoms with van der Waals surface area (Å²) in [4.78, 5) is 23.9. The van der Waals surface area contributed by atoms with E-state index in [0.717, 1.165) is 5.82 Å². The van der Waals surface area contributed by atoms with Crippen molar-refractivity contribution in [2.75, 3.05) is 36.0 Å². The number of benzene rings is 1. The highest BCUT2D eigenvalue weighted by molar-refractivity contribution is 6.29. The Labute approximate surface area is 145 Å². The fourth-order valence-electron chi connectivity index (χ4n) is 2.84. The van der Waals surface area contributed by atoms with E-state index in [1.165, 1.54) is 13.0 Å². The van der Waals surface area contributed by atoms with Crippen LogP contribution in [0.4, 0.5) is 15.9 Å². The third kappa shape index (κ3) is 3.48. The topological polar surface area (TPSA) is 49.3 Å². The lowest BCUT2D eigenvalue weighted by molar-refractivity contribution is 0.101. The summed E-state index contributed by atoms with van der Waals surface area (Å²) >= 11 is 5.99. The Kier molecular flexibility index (Phi) is 4.66. The summed E-state index contributed by atoms with van der Waals surface area (Å²) in [6.45, 7) is 5.98. The number of nitrogens with zero attached hydrogens (tertiary/aromatic N) is 4. The van der Waals surface area contributed by atoms with E-state index < -0.39 is 0 Å². The Bertz CT molecular complexity index is 755. The SMILES string of the molecule is CC(=O)c1ccc(N2CCN(c3cc(Cl)nc(C)n3)CC2)c(F)c1. The van der Waals surface area contributed by atoms with Crippen LogP contribution in [0.2, 0.25) is 5.15 Å². The first-order valence-corrected chi connectivity index (χ1v) is 8.13. The number of piperazine rings is 1. The molecule has 1 saturated heterocycles. The van der Waals surface area contributed by atoms with Gasteiger partial charge in [0.05, 0.1) is 5.69 Å². The zero-order chi connectivity index (χ0) is 17.3. The lowest BCUT2D eigenvalue weighted by Crippen LogP contribution is -2.47. The molecule has 1 aromatic carbocycles. The number of hydrogen-bond acceptors (Lipinski definition) is 5. The number of halogens is 2. The maximum absolute atomic E-state index is 14.3. The van der Waals surface area contributed by atoms with Gasteiger partial charge in [-0.3, -0.25) is 4.79 Å². The van der Waals surface area contributed by atoms with Crippen LogP contribution < -0.4 is 9.80 Å². The van der Waals surface area contributed by atoms with Gasteiger partial charge in [-0.25, -0.2) is 14.4 Å². The van der Waals surface area contributed by atoms with Crippen molar-refractivity contribution in [2.24, 2.45) is 0 Å². The number of carbonyl (C=O) groups is 1. The van der Waals surface area contributed by atoms with Crippen molar-refractivity contribution >= 4 is 28.9 Å². The zero-order valence-electron chi connectivity index (χ0n) is 13.6. The van der Waals surface area contributed by atoms with E-state index in [-0.39, 0.29) is 11.6 Å². The fraction of sp³-hybridized carbons (Fsp3) is 0.353. The molecule has 2 heterocycles. The number of rotatable bonds is 3. The Morgan fingerprint density at radius 1 is 1.12 bits per heavy atom. The highest BCUT2D eigenvalue weighted by Crippen LogP contribution is 2.24. The molecule has 0 unspecified atom stereocenters. The first-order chi connectivity index (χ1) is 11.4. The van der Waals surface area contributed by atoms with Gasteiger partial charge in [-0.05, 0) is 32.0 Å². The largest absolute Gasteiger partial charge is 0.366 e. The summed E-state index contributed by atoms with van der Waals surface area (Å²) in [6, 6.07) is 6.39. The van der Waals surface area contributed by atoms with Crippen molar-refractivity contribution < 1.29 is 9.18 Å². The minimum atomic E-state index is -0.364. The van der Waals surface area contributed by atoms with E-state index in [9.17, 15) is 9.18 Å². The van der Waals surface area contributed by atoms with Crippen LogP contribution in [0.5, 0.6) is 0 Å². The van der Waals surface area contributed by atoms with Crippen LogP contribution in [0.3, 0.4) is 0 Å². The molecular formula is C17H18ClFN4O. The van der Waals surface area contributed by atoms with Crippen molar-refractivity contribution in [3.8, 4) is 0 Å². The molecule has 0 atom stereocenters. The number of carbonyl (C=O) groups excluding carboxylic acids is 1. The quantitative estimate of drug-likeness (QED) is 0.630. The molecule has 1 aliphatic heterocycles. The van der Waals surface area contributed by atoms with Crippen LogP contribution >= 0.6 is 11.6 Å². The van der Waals surface area contributed by atoms with Gasteiger partial charge in [0.15, 0.2) is 5.78 Å². The summed E-state index contributed by atoms with van der Waals surface area (Å²) in [5.74, 6) is 0.920. The minimum Gasteiger partial charge on any atom is -0.366 e. The normalized spacial score (nSPS) is 14.8. The summed E-state index contributed by atoms with van der Waals surface area (Å²) in [7, 11) is 0. The van der Waals surface area contributed by atoms with Crippen molar-refractivity contribution in [1.29, 1.82) is 0 Å². The molecule has 5 nitrogen and oxygen atoms in total. The predicted molar refractivity (Wildman–Crippen MR) is 92.6 cm³/mol. The molecule has 0 saturated carbocycles. The van der Waals surface area contributed by atoms with E-state index in [1.54, 1.807) is 25.1 Å². The second-order valence-electron chi connectivity index (χ2n) is 5.79. The van der Waals surface area contributed by atoms with Gasteiger partial charge in [-0.15, -0.1) is 0 Å². The summed E-state index contributed by atoms with van der Waals surface area (Å²) in [5.41, 5.74) is 0.914. The van der Waals surface area contributed by atoms with Gasteiger partial charge in [0, 0.05) is 37.8 Å². The monoisotopic (exact) mass is 348 g/mol. The molecule has 0 N–H and O–H groups in total. The molecule has 126 valence electrons. The van der Waals surface area contributed by atoms with Crippen LogP contribution in [0.15, 0.2) is 24.3 Å². The smallest absolute Gasteiger partial charge is 0.159 e. The molecule has 0 aliphatic carbocycles. The summed E-state index contributed by atoms with van der Waals surface area (Å²) < 4.78 is 14.3. The lowest BCUT2D eigenvalue weighted by atomic mass is 10.1. The fourth-order valence-corrected chi connectivity index (χ4v) is 3.06. The molecule has 24 heavy (non-hydrogen) atoms.